The lowest BCUT2D eigenvalue weighted by Gasteiger charge is -2.17. The van der Waals surface area contributed by atoms with E-state index in [-0.39, 0.29) is 13.0 Å². The Morgan fingerprint density at radius 2 is 1.55 bits per heavy atom. The highest BCUT2D eigenvalue weighted by atomic mass is 19.3. The van der Waals surface area contributed by atoms with Crippen molar-refractivity contribution in [1.29, 1.82) is 0 Å². The van der Waals surface area contributed by atoms with Crippen LogP contribution in [0.2, 0.25) is 0 Å². The van der Waals surface area contributed by atoms with Crippen LogP contribution in [-0.2, 0) is 23.9 Å². The van der Waals surface area contributed by atoms with Crippen molar-refractivity contribution in [2.45, 2.75) is 44.6 Å². The molecule has 0 aromatic heterocycles. The van der Waals surface area contributed by atoms with Gasteiger partial charge < -0.3 is 14.8 Å². The van der Waals surface area contributed by atoms with E-state index in [0.717, 1.165) is 0 Å². The molecule has 0 saturated carbocycles. The third-order valence-electron chi connectivity index (χ3n) is 4.34. The molecule has 1 atom stereocenters. The second-order valence-electron chi connectivity index (χ2n) is 6.90. The van der Waals surface area contributed by atoms with Crippen molar-refractivity contribution in [3.05, 3.63) is 66.2 Å². The molecule has 0 aliphatic heterocycles. The van der Waals surface area contributed by atoms with Crippen molar-refractivity contribution in [2.24, 2.45) is 0 Å². The number of carbonyl (C=O) groups is 3. The van der Waals surface area contributed by atoms with E-state index in [1.54, 1.807) is 48.5 Å². The lowest BCUT2D eigenvalue weighted by molar-refractivity contribution is -0.167. The molecule has 1 unspecified atom stereocenters. The van der Waals surface area contributed by atoms with E-state index in [4.69, 9.17) is 9.47 Å². The number of carbonyl (C=O) groups excluding carboxylic acids is 3. The summed E-state index contributed by atoms with van der Waals surface area (Å²) in [6, 6.07) is 16.5. The van der Waals surface area contributed by atoms with Crippen LogP contribution in [0.15, 0.2) is 60.7 Å². The number of ether oxygens (including phenoxy) is 2. The predicted octanol–water partition coefficient (Wildman–Crippen LogP) is 4.67. The van der Waals surface area contributed by atoms with Gasteiger partial charge in [-0.2, -0.15) is 8.78 Å². The van der Waals surface area contributed by atoms with Gasteiger partial charge >= 0.3 is 17.9 Å². The zero-order chi connectivity index (χ0) is 22.7. The molecule has 0 bridgehead atoms. The maximum atomic E-state index is 14.0. The molecule has 0 radical (unpaired) electrons. The number of nitrogens with one attached hydrogen (secondary N) is 1. The summed E-state index contributed by atoms with van der Waals surface area (Å²) in [6.45, 7) is 1.18. The SMILES string of the molecule is CC(=O)OC(C(=O)OCCCCCC(F)(F)C(=O)Nc1ccccc1)c1ccccc1. The van der Waals surface area contributed by atoms with Crippen molar-refractivity contribution >= 4 is 23.5 Å². The number of hydrogen-bond donors (Lipinski definition) is 1. The van der Waals surface area contributed by atoms with Crippen LogP contribution < -0.4 is 5.32 Å². The van der Waals surface area contributed by atoms with Gasteiger partial charge in [-0.05, 0) is 31.4 Å². The van der Waals surface area contributed by atoms with Crippen molar-refractivity contribution < 1.29 is 32.6 Å². The number of para-hydroxylation sites is 1. The molecule has 0 saturated heterocycles. The number of unbranched alkanes of at least 4 members (excludes halogenated alkanes) is 2. The Morgan fingerprint density at radius 1 is 0.935 bits per heavy atom. The average Bonchev–Trinajstić information content (AvgIpc) is 2.75. The summed E-state index contributed by atoms with van der Waals surface area (Å²) in [5, 5.41) is 2.19. The number of alkyl halides is 2. The van der Waals surface area contributed by atoms with Gasteiger partial charge in [0.1, 0.15) is 0 Å². The molecular weight excluding hydrogens is 408 g/mol. The minimum absolute atomic E-state index is 0.00872. The lowest BCUT2D eigenvalue weighted by Crippen LogP contribution is -2.34. The summed E-state index contributed by atoms with van der Waals surface area (Å²) in [5.41, 5.74) is 0.784. The first-order valence-corrected chi connectivity index (χ1v) is 9.93. The number of anilines is 1. The molecule has 0 fully saturated rings. The maximum Gasteiger partial charge on any atom is 0.352 e. The summed E-state index contributed by atoms with van der Waals surface area (Å²) >= 11 is 0. The first-order chi connectivity index (χ1) is 14.8. The second kappa shape index (κ2) is 11.8. The minimum atomic E-state index is -3.50. The van der Waals surface area contributed by atoms with Crippen LogP contribution in [0, 0.1) is 0 Å². The fraction of sp³-hybridized carbons (Fsp3) is 0.348. The predicted molar refractivity (Wildman–Crippen MR) is 110 cm³/mol. The Balaban J connectivity index is 1.72. The van der Waals surface area contributed by atoms with E-state index in [2.05, 4.69) is 5.32 Å². The summed E-state index contributed by atoms with van der Waals surface area (Å²) in [7, 11) is 0. The standard InChI is InChI=1S/C23H25F2NO5/c1-17(27)31-20(18-11-5-2-6-12-18)21(28)30-16-10-4-9-15-23(24,25)22(29)26-19-13-7-3-8-14-19/h2-3,5-8,11-14,20H,4,9-10,15-16H2,1H3,(H,26,29). The van der Waals surface area contributed by atoms with Crippen molar-refractivity contribution in [3.8, 4) is 0 Å². The van der Waals surface area contributed by atoms with Gasteiger partial charge in [0.05, 0.1) is 6.61 Å². The normalized spacial score (nSPS) is 12.0. The van der Waals surface area contributed by atoms with E-state index in [9.17, 15) is 23.2 Å². The molecule has 0 aliphatic carbocycles. The number of benzene rings is 2. The quantitative estimate of drug-likeness (QED) is 0.411. The molecule has 1 amide bonds. The van der Waals surface area contributed by atoms with Gasteiger partial charge in [-0.15, -0.1) is 0 Å². The minimum Gasteiger partial charge on any atom is -0.463 e. The van der Waals surface area contributed by atoms with Gasteiger partial charge in [0.15, 0.2) is 0 Å². The summed E-state index contributed by atoms with van der Waals surface area (Å²) in [5.74, 6) is -6.20. The molecule has 2 rings (SSSR count). The zero-order valence-corrected chi connectivity index (χ0v) is 17.2. The molecule has 31 heavy (non-hydrogen) atoms. The van der Waals surface area contributed by atoms with Crippen LogP contribution >= 0.6 is 0 Å². The first-order valence-electron chi connectivity index (χ1n) is 9.93. The Labute approximate surface area is 179 Å². The molecule has 0 heterocycles. The van der Waals surface area contributed by atoms with E-state index in [0.29, 0.717) is 24.1 Å². The fourth-order valence-electron chi connectivity index (χ4n) is 2.78. The molecular formula is C23H25F2NO5. The fourth-order valence-corrected chi connectivity index (χ4v) is 2.78. The average molecular weight is 433 g/mol. The number of rotatable bonds is 11. The van der Waals surface area contributed by atoms with Crippen molar-refractivity contribution in [1.82, 2.24) is 0 Å². The van der Waals surface area contributed by atoms with Gasteiger partial charge in [0, 0.05) is 24.6 Å². The molecule has 2 aromatic carbocycles. The van der Waals surface area contributed by atoms with Gasteiger partial charge in [-0.25, -0.2) is 4.79 Å². The summed E-state index contributed by atoms with van der Waals surface area (Å²) in [6.07, 6.45) is -1.03. The number of esters is 2. The van der Waals surface area contributed by atoms with E-state index in [1.165, 1.54) is 19.1 Å². The number of halogens is 2. The highest BCUT2D eigenvalue weighted by Crippen LogP contribution is 2.24. The van der Waals surface area contributed by atoms with Crippen molar-refractivity contribution in [3.63, 3.8) is 0 Å². The monoisotopic (exact) mass is 433 g/mol. The Morgan fingerprint density at radius 3 is 2.16 bits per heavy atom. The lowest BCUT2D eigenvalue weighted by atomic mass is 10.1. The molecule has 2 aromatic rings. The number of amides is 1. The molecule has 0 aliphatic rings. The highest BCUT2D eigenvalue weighted by molar-refractivity contribution is 5.95. The topological polar surface area (TPSA) is 81.7 Å². The third-order valence-corrected chi connectivity index (χ3v) is 4.34. The first kappa shape index (κ1) is 24.0. The number of hydrogen-bond acceptors (Lipinski definition) is 5. The summed E-state index contributed by atoms with van der Waals surface area (Å²) < 4.78 is 38.2. The van der Waals surface area contributed by atoms with Crippen molar-refractivity contribution in [2.75, 3.05) is 11.9 Å². The second-order valence-corrected chi connectivity index (χ2v) is 6.90. The Bertz CT molecular complexity index is 859. The van der Waals surface area contributed by atoms with Gasteiger partial charge in [-0.1, -0.05) is 48.5 Å². The molecule has 8 heteroatoms. The summed E-state index contributed by atoms with van der Waals surface area (Å²) in [4.78, 5) is 35.3. The van der Waals surface area contributed by atoms with Crippen LogP contribution in [-0.4, -0.2) is 30.4 Å². The Hall–Kier alpha value is -3.29. The molecule has 0 spiro atoms. The van der Waals surface area contributed by atoms with E-state index < -0.39 is 36.3 Å². The van der Waals surface area contributed by atoms with E-state index in [1.807, 2.05) is 0 Å². The zero-order valence-electron chi connectivity index (χ0n) is 17.2. The van der Waals surface area contributed by atoms with Crippen LogP contribution in [0.1, 0.15) is 44.3 Å². The van der Waals surface area contributed by atoms with Crippen LogP contribution in [0.25, 0.3) is 0 Å². The highest BCUT2D eigenvalue weighted by Gasteiger charge is 2.37. The van der Waals surface area contributed by atoms with Gasteiger partial charge in [0.25, 0.3) is 5.91 Å². The third kappa shape index (κ3) is 8.16. The maximum absolute atomic E-state index is 14.0. The largest absolute Gasteiger partial charge is 0.463 e. The van der Waals surface area contributed by atoms with Gasteiger partial charge in [0.2, 0.25) is 6.10 Å². The molecule has 166 valence electrons. The van der Waals surface area contributed by atoms with E-state index >= 15 is 0 Å². The Kier molecular flexibility index (Phi) is 9.12. The smallest absolute Gasteiger partial charge is 0.352 e. The molecule has 1 N–H and O–H groups in total. The van der Waals surface area contributed by atoms with Gasteiger partial charge in [-0.3, -0.25) is 9.59 Å². The van der Waals surface area contributed by atoms with Crippen LogP contribution in [0.3, 0.4) is 0 Å². The molecule has 6 nitrogen and oxygen atoms in total. The van der Waals surface area contributed by atoms with Crippen LogP contribution in [0.4, 0.5) is 14.5 Å². The van der Waals surface area contributed by atoms with Crippen LogP contribution in [0.5, 0.6) is 0 Å².